The molecule has 5 aromatic rings. The van der Waals surface area contributed by atoms with Gasteiger partial charge in [-0.1, -0.05) is 0 Å². The number of fused-ring (bicyclic) bond motifs is 2. The van der Waals surface area contributed by atoms with Gasteiger partial charge >= 0.3 is 0 Å². The van der Waals surface area contributed by atoms with Gasteiger partial charge in [0.1, 0.15) is 40.0 Å². The lowest BCUT2D eigenvalue weighted by Gasteiger charge is -2.25. The van der Waals surface area contributed by atoms with Gasteiger partial charge in [-0.15, -0.1) is 0 Å². The number of furan rings is 1. The molecule has 0 spiro atoms. The number of sulfonamides is 1. The largest absolute Gasteiger partial charge is 0.455 e. The normalized spacial score (nSPS) is 16.6. The minimum Gasteiger partial charge on any atom is -0.455 e. The van der Waals surface area contributed by atoms with E-state index < -0.39 is 33.2 Å². The lowest BCUT2D eigenvalue weighted by Crippen LogP contribution is -2.26. The van der Waals surface area contributed by atoms with Crippen molar-refractivity contribution >= 4 is 32.6 Å². The predicted octanol–water partition coefficient (Wildman–Crippen LogP) is 6.00. The van der Waals surface area contributed by atoms with Crippen LogP contribution in [-0.4, -0.2) is 44.8 Å². The second kappa shape index (κ2) is 10.6. The molecule has 44 heavy (non-hydrogen) atoms. The molecule has 9 nitrogen and oxygen atoms in total. The summed E-state index contributed by atoms with van der Waals surface area (Å²) in [6, 6.07) is 12.5. The van der Waals surface area contributed by atoms with Crippen molar-refractivity contribution in [2.45, 2.75) is 31.8 Å². The van der Waals surface area contributed by atoms with Gasteiger partial charge in [0, 0.05) is 48.7 Å². The van der Waals surface area contributed by atoms with Crippen LogP contribution in [0.3, 0.4) is 0 Å². The zero-order valence-electron chi connectivity index (χ0n) is 24.4. The molecule has 2 heterocycles. The van der Waals surface area contributed by atoms with Gasteiger partial charge in [-0.25, -0.2) is 22.2 Å². The number of oxazole rings is 1. The van der Waals surface area contributed by atoms with Crippen LogP contribution in [0.1, 0.15) is 41.6 Å². The van der Waals surface area contributed by atoms with Crippen LogP contribution in [0.4, 0.5) is 14.5 Å². The summed E-state index contributed by atoms with van der Waals surface area (Å²) in [5.74, 6) is -0.798. The average molecular weight is 622 g/mol. The molecule has 2 aromatic heterocycles. The van der Waals surface area contributed by atoms with Crippen LogP contribution in [0.2, 0.25) is 0 Å². The fourth-order valence-electron chi connectivity index (χ4n) is 5.60. The molecule has 1 aliphatic carbocycles. The number of aryl methyl sites for hydroxylation is 1. The molecule has 1 aliphatic rings. The molecule has 1 atom stereocenters. The molecule has 0 fully saturated rings. The van der Waals surface area contributed by atoms with Gasteiger partial charge in [0.15, 0.2) is 0 Å². The number of benzene rings is 3. The molecule has 0 radical (unpaired) electrons. The number of anilines is 1. The third-order valence-electron chi connectivity index (χ3n) is 7.93. The van der Waals surface area contributed by atoms with Crippen LogP contribution in [-0.2, 0) is 22.0 Å². The second-order valence-electron chi connectivity index (χ2n) is 11.1. The lowest BCUT2D eigenvalue weighted by atomic mass is 9.88. The summed E-state index contributed by atoms with van der Waals surface area (Å²) in [5.41, 5.74) is 0.996. The first-order valence-electron chi connectivity index (χ1n) is 13.8. The summed E-state index contributed by atoms with van der Waals surface area (Å²) in [6.07, 6.45) is 2.84. The van der Waals surface area contributed by atoms with Crippen LogP contribution >= 0.6 is 0 Å². The maximum Gasteiger partial charge on any atom is 0.255 e. The third kappa shape index (κ3) is 5.13. The first kappa shape index (κ1) is 29.5. The number of hydrogen-bond acceptors (Lipinski definition) is 7. The Labute approximate surface area is 252 Å². The standard InChI is InChI=1S/C32H29F2N3O6S/c1-32(39)11-5-6-25-29(32)36-31(43-25)19-12-18(13-21(34)14-19)22-15-23-26(16-24(22)37(3)44(4,40)41)42-28(27(23)30(38)35-2)17-7-9-20(33)10-8-17/h7-10,12-16,39H,5-6,11H2,1-4H3,(H,35,38). The van der Waals surface area contributed by atoms with Crippen molar-refractivity contribution in [3.63, 3.8) is 0 Å². The molecule has 3 aromatic carbocycles. The van der Waals surface area contributed by atoms with E-state index in [9.17, 15) is 22.7 Å². The van der Waals surface area contributed by atoms with Crippen LogP contribution in [0.25, 0.3) is 44.9 Å². The highest BCUT2D eigenvalue weighted by atomic mass is 32.2. The average Bonchev–Trinajstić information content (AvgIpc) is 3.58. The number of carbonyl (C=O) groups excluding carboxylic acids is 1. The van der Waals surface area contributed by atoms with E-state index in [0.29, 0.717) is 41.7 Å². The van der Waals surface area contributed by atoms with Gasteiger partial charge in [-0.05, 0) is 73.9 Å². The van der Waals surface area contributed by atoms with Crippen molar-refractivity contribution in [1.82, 2.24) is 10.3 Å². The Morgan fingerprint density at radius 2 is 1.73 bits per heavy atom. The molecular weight excluding hydrogens is 592 g/mol. The number of carbonyl (C=O) groups is 1. The van der Waals surface area contributed by atoms with Crippen molar-refractivity contribution in [2.75, 3.05) is 24.7 Å². The smallest absolute Gasteiger partial charge is 0.255 e. The number of aliphatic hydroxyl groups is 1. The minimum atomic E-state index is -3.81. The summed E-state index contributed by atoms with van der Waals surface area (Å²) in [4.78, 5) is 17.7. The Bertz CT molecular complexity index is 2050. The van der Waals surface area contributed by atoms with Crippen LogP contribution in [0.5, 0.6) is 0 Å². The van der Waals surface area contributed by atoms with E-state index >= 15 is 4.39 Å². The van der Waals surface area contributed by atoms with E-state index in [1.165, 1.54) is 56.6 Å². The first-order chi connectivity index (χ1) is 20.8. The van der Waals surface area contributed by atoms with E-state index in [1.54, 1.807) is 19.1 Å². The maximum absolute atomic E-state index is 15.3. The molecule has 6 rings (SSSR count). The number of aromatic nitrogens is 1. The van der Waals surface area contributed by atoms with Crippen molar-refractivity contribution < 1.29 is 35.9 Å². The summed E-state index contributed by atoms with van der Waals surface area (Å²) < 4.78 is 67.5. The highest BCUT2D eigenvalue weighted by molar-refractivity contribution is 7.92. The SMILES string of the molecule is CNC(=O)c1c(-c2ccc(F)cc2)oc2cc(N(C)S(C)(=O)=O)c(-c3cc(F)cc(-c4nc5c(o4)CCCC5(C)O)c3)cc12. The molecule has 1 unspecified atom stereocenters. The van der Waals surface area contributed by atoms with Crippen LogP contribution in [0, 0.1) is 11.6 Å². The molecule has 12 heteroatoms. The molecule has 1 amide bonds. The van der Waals surface area contributed by atoms with Crippen molar-refractivity contribution in [3.05, 3.63) is 83.2 Å². The number of hydrogen-bond donors (Lipinski definition) is 2. The molecule has 0 saturated heterocycles. The van der Waals surface area contributed by atoms with Crippen molar-refractivity contribution in [1.29, 1.82) is 0 Å². The fourth-order valence-corrected chi connectivity index (χ4v) is 6.11. The van der Waals surface area contributed by atoms with Gasteiger partial charge in [-0.2, -0.15) is 0 Å². The molecule has 0 aliphatic heterocycles. The Morgan fingerprint density at radius 1 is 1.02 bits per heavy atom. The van der Waals surface area contributed by atoms with Gasteiger partial charge in [-0.3, -0.25) is 9.10 Å². The van der Waals surface area contributed by atoms with E-state index in [1.807, 2.05) is 0 Å². The molecule has 228 valence electrons. The fraction of sp³-hybridized carbons (Fsp3) is 0.250. The van der Waals surface area contributed by atoms with Gasteiger partial charge in [0.25, 0.3) is 5.91 Å². The minimum absolute atomic E-state index is 0.116. The number of nitrogens with zero attached hydrogens (tertiary/aromatic N) is 2. The monoisotopic (exact) mass is 621 g/mol. The number of halogens is 2. The van der Waals surface area contributed by atoms with Crippen LogP contribution in [0.15, 0.2) is 63.4 Å². The molecule has 0 saturated carbocycles. The molecule has 2 N–H and O–H groups in total. The number of rotatable bonds is 6. The third-order valence-corrected chi connectivity index (χ3v) is 9.13. The highest BCUT2D eigenvalue weighted by Crippen LogP contribution is 2.43. The number of nitrogens with one attached hydrogen (secondary N) is 1. The van der Waals surface area contributed by atoms with Crippen molar-refractivity contribution in [3.8, 4) is 33.9 Å². The summed E-state index contributed by atoms with van der Waals surface area (Å²) in [7, 11) is -0.998. The summed E-state index contributed by atoms with van der Waals surface area (Å²) in [5, 5.41) is 13.7. The summed E-state index contributed by atoms with van der Waals surface area (Å²) in [6.45, 7) is 1.66. The Balaban J connectivity index is 1.60. The van der Waals surface area contributed by atoms with Gasteiger partial charge < -0.3 is 19.3 Å². The highest BCUT2D eigenvalue weighted by Gasteiger charge is 2.35. The van der Waals surface area contributed by atoms with Crippen LogP contribution < -0.4 is 9.62 Å². The number of amides is 1. The zero-order chi connectivity index (χ0) is 31.6. The molecule has 0 bridgehead atoms. The first-order valence-corrected chi connectivity index (χ1v) is 15.7. The molecular formula is C32H29F2N3O6S. The van der Waals surface area contributed by atoms with Gasteiger partial charge in [0.05, 0.1) is 17.5 Å². The lowest BCUT2D eigenvalue weighted by molar-refractivity contribution is 0.0325. The van der Waals surface area contributed by atoms with E-state index in [2.05, 4.69) is 10.3 Å². The maximum atomic E-state index is 15.3. The van der Waals surface area contributed by atoms with E-state index in [0.717, 1.165) is 10.6 Å². The zero-order valence-corrected chi connectivity index (χ0v) is 25.2. The second-order valence-corrected chi connectivity index (χ2v) is 13.1. The predicted molar refractivity (Wildman–Crippen MR) is 162 cm³/mol. The van der Waals surface area contributed by atoms with Crippen molar-refractivity contribution in [2.24, 2.45) is 0 Å². The topological polar surface area (TPSA) is 126 Å². The Hall–Kier alpha value is -4.55. The Kier molecular flexibility index (Phi) is 7.09. The summed E-state index contributed by atoms with van der Waals surface area (Å²) >= 11 is 0. The Morgan fingerprint density at radius 3 is 2.39 bits per heavy atom. The quantitative estimate of drug-likeness (QED) is 0.238. The van der Waals surface area contributed by atoms with E-state index in [4.69, 9.17) is 8.83 Å². The van der Waals surface area contributed by atoms with Gasteiger partial charge in [0.2, 0.25) is 15.9 Å². The van der Waals surface area contributed by atoms with E-state index in [-0.39, 0.29) is 45.2 Å².